The zero-order chi connectivity index (χ0) is 14.2. The van der Waals surface area contributed by atoms with Gasteiger partial charge in [-0.25, -0.2) is 9.97 Å². The lowest BCUT2D eigenvalue weighted by molar-refractivity contribution is 0.998. The van der Waals surface area contributed by atoms with E-state index in [0.29, 0.717) is 5.15 Å². The summed E-state index contributed by atoms with van der Waals surface area (Å²) >= 11 is 6.27. The quantitative estimate of drug-likeness (QED) is 0.749. The minimum Gasteiger partial charge on any atom is -0.233 e. The lowest BCUT2D eigenvalue weighted by Crippen LogP contribution is -2.01. The van der Waals surface area contributed by atoms with Crippen molar-refractivity contribution in [3.05, 3.63) is 45.2 Å². The number of rotatable bonds is 2. The van der Waals surface area contributed by atoms with Gasteiger partial charge in [-0.3, -0.25) is 0 Å². The largest absolute Gasteiger partial charge is 0.233 e. The standard InChI is InChI=1S/C16H19ClN2/c1-6-13-12(5)18-16(19-15(13)17)14-10(3)7-9(2)8-11(14)4/h7-8H,6H2,1-5H3. The zero-order valence-corrected chi connectivity index (χ0v) is 12.9. The van der Waals surface area contributed by atoms with Crippen molar-refractivity contribution in [1.82, 2.24) is 9.97 Å². The van der Waals surface area contributed by atoms with Gasteiger partial charge in [0.2, 0.25) is 0 Å². The molecule has 0 aliphatic heterocycles. The Bertz CT molecular complexity index is 587. The molecule has 0 aliphatic rings. The third-order valence-electron chi connectivity index (χ3n) is 3.42. The van der Waals surface area contributed by atoms with Crippen LogP contribution in [0.1, 0.15) is 34.9 Å². The molecule has 0 aliphatic carbocycles. The Morgan fingerprint density at radius 2 is 1.58 bits per heavy atom. The molecule has 100 valence electrons. The molecular formula is C16H19ClN2. The molecule has 1 aromatic carbocycles. The van der Waals surface area contributed by atoms with Crippen LogP contribution in [0.15, 0.2) is 12.1 Å². The number of aromatic nitrogens is 2. The lowest BCUT2D eigenvalue weighted by Gasteiger charge is -2.13. The minimum absolute atomic E-state index is 0.573. The first-order valence-corrected chi connectivity index (χ1v) is 6.93. The van der Waals surface area contributed by atoms with E-state index in [1.165, 1.54) is 16.7 Å². The Balaban J connectivity index is 2.67. The van der Waals surface area contributed by atoms with Crippen molar-refractivity contribution < 1.29 is 0 Å². The second-order valence-electron chi connectivity index (χ2n) is 5.03. The molecule has 2 nitrogen and oxygen atoms in total. The smallest absolute Gasteiger partial charge is 0.161 e. The fourth-order valence-electron chi connectivity index (χ4n) is 2.61. The predicted octanol–water partition coefficient (Wildman–Crippen LogP) is 4.59. The fraction of sp³-hybridized carbons (Fsp3) is 0.375. The number of hydrogen-bond acceptors (Lipinski definition) is 2. The summed E-state index contributed by atoms with van der Waals surface area (Å²) in [6.45, 7) is 10.3. The van der Waals surface area contributed by atoms with Gasteiger partial charge in [-0.1, -0.05) is 36.2 Å². The van der Waals surface area contributed by atoms with Gasteiger partial charge in [0, 0.05) is 16.8 Å². The van der Waals surface area contributed by atoms with E-state index in [4.69, 9.17) is 11.6 Å². The van der Waals surface area contributed by atoms with Gasteiger partial charge in [0.1, 0.15) is 5.15 Å². The molecule has 0 bridgehead atoms. The molecule has 0 N–H and O–H groups in total. The summed E-state index contributed by atoms with van der Waals surface area (Å²) in [5.74, 6) is 0.731. The Morgan fingerprint density at radius 3 is 2.05 bits per heavy atom. The van der Waals surface area contributed by atoms with E-state index in [0.717, 1.165) is 29.1 Å². The summed E-state index contributed by atoms with van der Waals surface area (Å²) in [4.78, 5) is 9.11. The van der Waals surface area contributed by atoms with Gasteiger partial charge in [0.15, 0.2) is 5.82 Å². The Kier molecular flexibility index (Phi) is 3.91. The number of hydrogen-bond donors (Lipinski definition) is 0. The molecule has 0 spiro atoms. The highest BCUT2D eigenvalue weighted by Gasteiger charge is 2.13. The molecule has 0 atom stereocenters. The van der Waals surface area contributed by atoms with Gasteiger partial charge in [-0.15, -0.1) is 0 Å². The van der Waals surface area contributed by atoms with Crippen molar-refractivity contribution in [1.29, 1.82) is 0 Å². The number of nitrogens with zero attached hydrogens (tertiary/aromatic N) is 2. The van der Waals surface area contributed by atoms with E-state index in [1.807, 2.05) is 6.92 Å². The van der Waals surface area contributed by atoms with Gasteiger partial charge < -0.3 is 0 Å². The summed E-state index contributed by atoms with van der Waals surface area (Å²) in [5.41, 5.74) is 6.74. The zero-order valence-electron chi connectivity index (χ0n) is 12.1. The van der Waals surface area contributed by atoms with Crippen LogP contribution < -0.4 is 0 Å². The molecule has 0 saturated carbocycles. The highest BCUT2D eigenvalue weighted by Crippen LogP contribution is 2.28. The van der Waals surface area contributed by atoms with E-state index in [1.54, 1.807) is 0 Å². The highest BCUT2D eigenvalue weighted by molar-refractivity contribution is 6.30. The third kappa shape index (κ3) is 2.64. The second kappa shape index (κ2) is 5.30. The monoisotopic (exact) mass is 274 g/mol. The Hall–Kier alpha value is -1.41. The maximum Gasteiger partial charge on any atom is 0.161 e. The molecule has 0 amide bonds. The first-order valence-electron chi connectivity index (χ1n) is 6.55. The van der Waals surface area contributed by atoms with Gasteiger partial charge in [0.05, 0.1) is 0 Å². The molecule has 19 heavy (non-hydrogen) atoms. The van der Waals surface area contributed by atoms with Crippen LogP contribution in [0, 0.1) is 27.7 Å². The molecule has 2 aromatic rings. The molecule has 0 fully saturated rings. The molecular weight excluding hydrogens is 256 g/mol. The molecule has 0 unspecified atom stereocenters. The van der Waals surface area contributed by atoms with Crippen molar-refractivity contribution >= 4 is 11.6 Å². The van der Waals surface area contributed by atoms with Crippen molar-refractivity contribution in [2.75, 3.05) is 0 Å². The Labute approximate surface area is 119 Å². The van der Waals surface area contributed by atoms with Gasteiger partial charge in [-0.05, 0) is 45.2 Å². The van der Waals surface area contributed by atoms with Crippen LogP contribution >= 0.6 is 11.6 Å². The SMILES string of the molecule is CCc1c(C)nc(-c2c(C)cc(C)cc2C)nc1Cl. The molecule has 0 saturated heterocycles. The van der Waals surface area contributed by atoms with E-state index in [-0.39, 0.29) is 0 Å². The number of halogens is 1. The topological polar surface area (TPSA) is 25.8 Å². The van der Waals surface area contributed by atoms with Crippen molar-refractivity contribution in [3.63, 3.8) is 0 Å². The van der Waals surface area contributed by atoms with Crippen LogP contribution in [-0.2, 0) is 6.42 Å². The number of benzene rings is 1. The van der Waals surface area contributed by atoms with Crippen LogP contribution in [0.25, 0.3) is 11.4 Å². The van der Waals surface area contributed by atoms with E-state index < -0.39 is 0 Å². The lowest BCUT2D eigenvalue weighted by atomic mass is 9.99. The van der Waals surface area contributed by atoms with Crippen LogP contribution in [0.5, 0.6) is 0 Å². The van der Waals surface area contributed by atoms with E-state index in [9.17, 15) is 0 Å². The molecule has 1 heterocycles. The Morgan fingerprint density at radius 1 is 1.00 bits per heavy atom. The summed E-state index contributed by atoms with van der Waals surface area (Å²) in [7, 11) is 0. The summed E-state index contributed by atoms with van der Waals surface area (Å²) in [6, 6.07) is 4.31. The van der Waals surface area contributed by atoms with Crippen LogP contribution in [0.2, 0.25) is 5.15 Å². The van der Waals surface area contributed by atoms with Crippen LogP contribution in [0.3, 0.4) is 0 Å². The summed E-state index contributed by atoms with van der Waals surface area (Å²) in [6.07, 6.45) is 0.858. The van der Waals surface area contributed by atoms with Crippen LogP contribution in [-0.4, -0.2) is 9.97 Å². The molecule has 2 rings (SSSR count). The maximum atomic E-state index is 6.27. The van der Waals surface area contributed by atoms with Crippen molar-refractivity contribution in [3.8, 4) is 11.4 Å². The van der Waals surface area contributed by atoms with Crippen molar-refractivity contribution in [2.24, 2.45) is 0 Å². The van der Waals surface area contributed by atoms with Gasteiger partial charge in [0.25, 0.3) is 0 Å². The molecule has 0 radical (unpaired) electrons. The van der Waals surface area contributed by atoms with Crippen LogP contribution in [0.4, 0.5) is 0 Å². The van der Waals surface area contributed by atoms with Gasteiger partial charge >= 0.3 is 0 Å². The fourth-order valence-corrected chi connectivity index (χ4v) is 2.96. The average Bonchev–Trinajstić information content (AvgIpc) is 2.26. The molecule has 1 aromatic heterocycles. The second-order valence-corrected chi connectivity index (χ2v) is 5.39. The molecule has 3 heteroatoms. The maximum absolute atomic E-state index is 6.27. The first kappa shape index (κ1) is 14.0. The minimum atomic E-state index is 0.573. The number of aryl methyl sites for hydroxylation is 4. The van der Waals surface area contributed by atoms with Crippen molar-refractivity contribution in [2.45, 2.75) is 41.0 Å². The van der Waals surface area contributed by atoms with E-state index >= 15 is 0 Å². The summed E-state index contributed by atoms with van der Waals surface area (Å²) in [5, 5.41) is 0.573. The van der Waals surface area contributed by atoms with E-state index in [2.05, 4.69) is 49.8 Å². The average molecular weight is 275 g/mol. The normalized spacial score (nSPS) is 10.8. The van der Waals surface area contributed by atoms with Gasteiger partial charge in [-0.2, -0.15) is 0 Å². The highest BCUT2D eigenvalue weighted by atomic mass is 35.5. The first-order chi connectivity index (χ1) is 8.93. The summed E-state index contributed by atoms with van der Waals surface area (Å²) < 4.78 is 0. The predicted molar refractivity (Wildman–Crippen MR) is 80.8 cm³/mol. The third-order valence-corrected chi connectivity index (χ3v) is 3.73.